The van der Waals surface area contributed by atoms with Gasteiger partial charge in [-0.1, -0.05) is 36.9 Å². The van der Waals surface area contributed by atoms with E-state index in [0.29, 0.717) is 5.78 Å². The smallest absolute Gasteiger partial charge is 0.140 e. The Bertz CT molecular complexity index is 348. The van der Waals surface area contributed by atoms with Gasteiger partial charge in [-0.05, 0) is 24.0 Å². The van der Waals surface area contributed by atoms with Crippen LogP contribution in [0.25, 0.3) is 6.08 Å². The molecule has 1 heteroatoms. The molecular weight excluding hydrogens is 172 g/mol. The van der Waals surface area contributed by atoms with Gasteiger partial charge in [-0.15, -0.1) is 0 Å². The third-order valence-electron chi connectivity index (χ3n) is 2.88. The molecule has 0 N–H and O–H groups in total. The molecule has 1 aliphatic carbocycles. The zero-order valence-corrected chi connectivity index (χ0v) is 8.20. The summed E-state index contributed by atoms with van der Waals surface area (Å²) in [7, 11) is 0. The Kier molecular flexibility index (Phi) is 2.49. The van der Waals surface area contributed by atoms with E-state index in [9.17, 15) is 4.79 Å². The summed E-state index contributed by atoms with van der Waals surface area (Å²) < 4.78 is 0. The fourth-order valence-electron chi connectivity index (χ4n) is 2.03. The maximum Gasteiger partial charge on any atom is 0.140 e. The average Bonchev–Trinajstić information content (AvgIpc) is 2.65. The van der Waals surface area contributed by atoms with Crippen LogP contribution >= 0.6 is 0 Å². The predicted molar refractivity (Wildman–Crippen MR) is 58.1 cm³/mol. The highest BCUT2D eigenvalue weighted by atomic mass is 16.1. The number of benzene rings is 1. The summed E-state index contributed by atoms with van der Waals surface area (Å²) in [6.07, 6.45) is 4.65. The molecule has 1 unspecified atom stereocenters. The first-order valence-electron chi connectivity index (χ1n) is 5.06. The highest BCUT2D eigenvalue weighted by molar-refractivity contribution is 5.87. The van der Waals surface area contributed by atoms with Gasteiger partial charge < -0.3 is 0 Å². The van der Waals surface area contributed by atoms with Crippen LogP contribution in [0.2, 0.25) is 0 Å². The fourth-order valence-corrected chi connectivity index (χ4v) is 2.03. The minimum absolute atomic E-state index is 0.161. The Morgan fingerprint density at radius 2 is 2.00 bits per heavy atom. The molecule has 1 aromatic rings. The molecule has 1 aliphatic rings. The molecule has 0 heterocycles. The molecule has 0 amide bonds. The van der Waals surface area contributed by atoms with Gasteiger partial charge >= 0.3 is 0 Å². The van der Waals surface area contributed by atoms with Crippen LogP contribution in [0.15, 0.2) is 30.8 Å². The molecule has 0 aromatic heterocycles. The first kappa shape index (κ1) is 9.20. The van der Waals surface area contributed by atoms with Gasteiger partial charge in [0.25, 0.3) is 0 Å². The molecule has 1 fully saturated rings. The number of ketones is 1. The maximum absolute atomic E-state index is 11.5. The molecule has 0 saturated heterocycles. The van der Waals surface area contributed by atoms with Gasteiger partial charge in [0.05, 0.1) is 0 Å². The third kappa shape index (κ3) is 1.63. The van der Waals surface area contributed by atoms with Gasteiger partial charge in [-0.25, -0.2) is 0 Å². The summed E-state index contributed by atoms with van der Waals surface area (Å²) in [6.45, 7) is 3.71. The molecule has 1 saturated carbocycles. The predicted octanol–water partition coefficient (Wildman–Crippen LogP) is 3.17. The SMILES string of the molecule is C=Cc1ccc(C2CCCC2=O)cc1. The van der Waals surface area contributed by atoms with Crippen molar-refractivity contribution >= 4 is 11.9 Å². The van der Waals surface area contributed by atoms with E-state index in [-0.39, 0.29) is 5.92 Å². The van der Waals surface area contributed by atoms with Crippen LogP contribution in [-0.4, -0.2) is 5.78 Å². The maximum atomic E-state index is 11.5. The van der Waals surface area contributed by atoms with Crippen molar-refractivity contribution in [3.8, 4) is 0 Å². The highest BCUT2D eigenvalue weighted by Crippen LogP contribution is 2.31. The van der Waals surface area contributed by atoms with Gasteiger partial charge in [-0.3, -0.25) is 4.79 Å². The van der Waals surface area contributed by atoms with E-state index in [4.69, 9.17) is 0 Å². The highest BCUT2D eigenvalue weighted by Gasteiger charge is 2.25. The van der Waals surface area contributed by atoms with Gasteiger partial charge in [0.1, 0.15) is 5.78 Å². The number of Topliss-reactive ketones (excluding diaryl/α,β-unsaturated/α-hetero) is 1. The van der Waals surface area contributed by atoms with E-state index < -0.39 is 0 Å². The lowest BCUT2D eigenvalue weighted by Gasteiger charge is -2.07. The largest absolute Gasteiger partial charge is 0.299 e. The van der Waals surface area contributed by atoms with Crippen molar-refractivity contribution in [2.75, 3.05) is 0 Å². The monoisotopic (exact) mass is 186 g/mol. The Morgan fingerprint density at radius 3 is 2.50 bits per heavy atom. The first-order valence-corrected chi connectivity index (χ1v) is 5.06. The lowest BCUT2D eigenvalue weighted by atomic mass is 9.96. The molecule has 0 spiro atoms. The molecule has 1 atom stereocenters. The van der Waals surface area contributed by atoms with Gasteiger partial charge in [0.2, 0.25) is 0 Å². The van der Waals surface area contributed by atoms with Gasteiger partial charge in [0.15, 0.2) is 0 Å². The van der Waals surface area contributed by atoms with E-state index in [1.54, 1.807) is 0 Å². The van der Waals surface area contributed by atoms with Crippen molar-refractivity contribution in [1.29, 1.82) is 0 Å². The standard InChI is InChI=1S/C13H14O/c1-2-10-6-8-11(9-7-10)12-4-3-5-13(12)14/h2,6-9,12H,1,3-5H2. The van der Waals surface area contributed by atoms with Crippen molar-refractivity contribution in [1.82, 2.24) is 0 Å². The molecule has 0 aliphatic heterocycles. The number of hydrogen-bond donors (Lipinski definition) is 0. The molecule has 14 heavy (non-hydrogen) atoms. The van der Waals surface area contributed by atoms with Crippen molar-refractivity contribution in [2.24, 2.45) is 0 Å². The summed E-state index contributed by atoms with van der Waals surface area (Å²) in [5.74, 6) is 0.560. The molecule has 0 bridgehead atoms. The lowest BCUT2D eigenvalue weighted by molar-refractivity contribution is -0.118. The average molecular weight is 186 g/mol. The van der Waals surface area contributed by atoms with Crippen LogP contribution in [0.1, 0.15) is 36.3 Å². The van der Waals surface area contributed by atoms with Crippen LogP contribution in [0, 0.1) is 0 Å². The summed E-state index contributed by atoms with van der Waals surface area (Å²) in [5, 5.41) is 0. The Hall–Kier alpha value is -1.37. The second-order valence-corrected chi connectivity index (χ2v) is 3.78. The summed E-state index contributed by atoms with van der Waals surface area (Å²) in [5.41, 5.74) is 2.28. The topological polar surface area (TPSA) is 17.1 Å². The first-order chi connectivity index (χ1) is 6.81. The van der Waals surface area contributed by atoms with Crippen molar-refractivity contribution in [3.05, 3.63) is 42.0 Å². The Morgan fingerprint density at radius 1 is 1.29 bits per heavy atom. The Labute approximate surface area is 84.5 Å². The van der Waals surface area contributed by atoms with Crippen molar-refractivity contribution in [2.45, 2.75) is 25.2 Å². The van der Waals surface area contributed by atoms with Crippen LogP contribution < -0.4 is 0 Å². The molecule has 72 valence electrons. The van der Waals surface area contributed by atoms with E-state index in [1.807, 2.05) is 30.3 Å². The minimum atomic E-state index is 0.161. The normalized spacial score (nSPS) is 21.1. The quantitative estimate of drug-likeness (QED) is 0.693. The zero-order valence-electron chi connectivity index (χ0n) is 8.20. The van der Waals surface area contributed by atoms with Crippen LogP contribution in [0.4, 0.5) is 0 Å². The number of carbonyl (C=O) groups is 1. The van der Waals surface area contributed by atoms with E-state index in [2.05, 4.69) is 6.58 Å². The van der Waals surface area contributed by atoms with E-state index in [1.165, 1.54) is 0 Å². The van der Waals surface area contributed by atoms with Crippen LogP contribution in [0.5, 0.6) is 0 Å². The van der Waals surface area contributed by atoms with Gasteiger partial charge in [0, 0.05) is 12.3 Å². The van der Waals surface area contributed by atoms with Crippen molar-refractivity contribution in [3.63, 3.8) is 0 Å². The molecule has 0 radical (unpaired) electrons. The van der Waals surface area contributed by atoms with Gasteiger partial charge in [-0.2, -0.15) is 0 Å². The molecular formula is C13H14O. The summed E-state index contributed by atoms with van der Waals surface area (Å²) in [4.78, 5) is 11.5. The molecule has 1 aromatic carbocycles. The fraction of sp³-hybridized carbons (Fsp3) is 0.308. The lowest BCUT2D eigenvalue weighted by Crippen LogP contribution is -2.03. The van der Waals surface area contributed by atoms with E-state index >= 15 is 0 Å². The van der Waals surface area contributed by atoms with Crippen LogP contribution in [0.3, 0.4) is 0 Å². The summed E-state index contributed by atoms with van der Waals surface area (Å²) >= 11 is 0. The number of carbonyl (C=O) groups excluding carboxylic acids is 1. The third-order valence-corrected chi connectivity index (χ3v) is 2.88. The zero-order chi connectivity index (χ0) is 9.97. The van der Waals surface area contributed by atoms with Crippen LogP contribution in [-0.2, 0) is 4.79 Å². The van der Waals surface area contributed by atoms with Crippen molar-refractivity contribution < 1.29 is 4.79 Å². The molecule has 1 nitrogen and oxygen atoms in total. The number of rotatable bonds is 2. The second-order valence-electron chi connectivity index (χ2n) is 3.78. The van der Waals surface area contributed by atoms with E-state index in [0.717, 1.165) is 30.4 Å². The molecule has 2 rings (SSSR count). The summed E-state index contributed by atoms with van der Waals surface area (Å²) in [6, 6.07) is 8.14. The second kappa shape index (κ2) is 3.79. The Balaban J connectivity index is 2.24. The number of hydrogen-bond acceptors (Lipinski definition) is 1. The minimum Gasteiger partial charge on any atom is -0.299 e.